The summed E-state index contributed by atoms with van der Waals surface area (Å²) >= 11 is 0. The lowest BCUT2D eigenvalue weighted by Crippen LogP contribution is -2.00. The van der Waals surface area contributed by atoms with Crippen LogP contribution in [0.4, 0.5) is 0 Å². The van der Waals surface area contributed by atoms with Crippen molar-refractivity contribution < 1.29 is 0 Å². The van der Waals surface area contributed by atoms with E-state index in [9.17, 15) is 0 Å². The predicted octanol–water partition coefficient (Wildman–Crippen LogP) is 13.6. The van der Waals surface area contributed by atoms with Crippen molar-refractivity contribution in [1.29, 1.82) is 0 Å². The van der Waals surface area contributed by atoms with Crippen LogP contribution < -0.4 is 0 Å². The molecule has 0 atom stereocenters. The third-order valence-corrected chi connectivity index (χ3v) is 10.4. The number of rotatable bonds is 7. The molecule has 2 heterocycles. The van der Waals surface area contributed by atoms with Crippen LogP contribution in [0.3, 0.4) is 0 Å². The second-order valence-electron chi connectivity index (χ2n) is 13.8. The number of aromatic nitrogens is 3. The lowest BCUT2D eigenvalue weighted by molar-refractivity contribution is 1.15. The van der Waals surface area contributed by atoms with Crippen LogP contribution in [0.15, 0.2) is 212 Å². The zero-order chi connectivity index (χ0) is 36.6. The molecule has 3 nitrogen and oxygen atoms in total. The van der Waals surface area contributed by atoms with Crippen molar-refractivity contribution in [3.63, 3.8) is 0 Å². The second-order valence-corrected chi connectivity index (χ2v) is 13.8. The normalized spacial score (nSPS) is 11.3. The van der Waals surface area contributed by atoms with Gasteiger partial charge in [0, 0.05) is 22.2 Å². The molecule has 0 aliphatic rings. The minimum absolute atomic E-state index is 0.695. The highest BCUT2D eigenvalue weighted by atomic mass is 15.0. The quantitative estimate of drug-likeness (QED) is 0.166. The van der Waals surface area contributed by atoms with E-state index in [0.717, 1.165) is 55.6 Å². The summed E-state index contributed by atoms with van der Waals surface area (Å²) in [4.78, 5) is 10.8. The van der Waals surface area contributed by atoms with Crippen molar-refractivity contribution in [3.05, 3.63) is 212 Å². The molecule has 0 aliphatic heterocycles. The Labute approximate surface area is 320 Å². The highest BCUT2D eigenvalue weighted by molar-refractivity contribution is 6.11. The van der Waals surface area contributed by atoms with Gasteiger partial charge in [0.25, 0.3) is 0 Å². The van der Waals surface area contributed by atoms with Gasteiger partial charge in [-0.25, -0.2) is 9.97 Å². The van der Waals surface area contributed by atoms with Crippen LogP contribution >= 0.6 is 0 Å². The molecule has 0 unspecified atom stereocenters. The van der Waals surface area contributed by atoms with E-state index in [4.69, 9.17) is 9.97 Å². The maximum Gasteiger partial charge on any atom is 0.160 e. The minimum Gasteiger partial charge on any atom is -0.306 e. The number of para-hydroxylation sites is 2. The maximum atomic E-state index is 5.43. The molecule has 258 valence electrons. The van der Waals surface area contributed by atoms with Gasteiger partial charge in [0.1, 0.15) is 5.52 Å². The van der Waals surface area contributed by atoms with Gasteiger partial charge in [-0.2, -0.15) is 0 Å². The fraction of sp³-hybridized carbons (Fsp3) is 0. The number of hydrogen-bond acceptors (Lipinski definition) is 2. The van der Waals surface area contributed by atoms with Crippen LogP contribution in [0.25, 0.3) is 94.8 Å². The molecule has 0 fully saturated rings. The molecule has 0 radical (unpaired) electrons. The van der Waals surface area contributed by atoms with Crippen molar-refractivity contribution in [2.75, 3.05) is 0 Å². The van der Waals surface area contributed by atoms with Gasteiger partial charge in [-0.05, 0) is 74.8 Å². The van der Waals surface area contributed by atoms with Crippen LogP contribution in [0.5, 0.6) is 0 Å². The summed E-state index contributed by atoms with van der Waals surface area (Å²) < 4.78 is 2.31. The summed E-state index contributed by atoms with van der Waals surface area (Å²) in [5, 5.41) is 1.09. The molecule has 0 N–H and O–H groups in total. The van der Waals surface area contributed by atoms with Crippen molar-refractivity contribution >= 4 is 21.9 Å². The Morgan fingerprint density at radius 2 is 0.727 bits per heavy atom. The van der Waals surface area contributed by atoms with E-state index in [1.54, 1.807) is 0 Å². The van der Waals surface area contributed by atoms with Crippen molar-refractivity contribution in [2.45, 2.75) is 0 Å². The van der Waals surface area contributed by atoms with E-state index in [1.165, 1.54) is 33.4 Å². The van der Waals surface area contributed by atoms with Gasteiger partial charge in [0.2, 0.25) is 0 Å². The van der Waals surface area contributed by atoms with E-state index < -0.39 is 0 Å². The van der Waals surface area contributed by atoms with Crippen LogP contribution in [0.2, 0.25) is 0 Å². The summed E-state index contributed by atoms with van der Waals surface area (Å²) in [6.07, 6.45) is 0. The van der Waals surface area contributed by atoms with Gasteiger partial charge < -0.3 is 4.57 Å². The number of hydrogen-bond donors (Lipinski definition) is 0. The zero-order valence-electron chi connectivity index (χ0n) is 30.0. The first-order valence-corrected chi connectivity index (χ1v) is 18.7. The van der Waals surface area contributed by atoms with Crippen LogP contribution in [-0.4, -0.2) is 14.5 Å². The molecule has 55 heavy (non-hydrogen) atoms. The van der Waals surface area contributed by atoms with Crippen molar-refractivity contribution in [1.82, 2.24) is 14.5 Å². The van der Waals surface area contributed by atoms with E-state index in [-0.39, 0.29) is 0 Å². The first kappa shape index (κ1) is 32.3. The molecular formula is C52H35N3. The topological polar surface area (TPSA) is 30.7 Å². The molecule has 0 aliphatic carbocycles. The van der Waals surface area contributed by atoms with E-state index in [1.807, 2.05) is 0 Å². The summed E-state index contributed by atoms with van der Waals surface area (Å²) in [6, 6.07) is 75.0. The summed E-state index contributed by atoms with van der Waals surface area (Å²) in [5.74, 6) is 0.695. The summed E-state index contributed by atoms with van der Waals surface area (Å²) in [7, 11) is 0. The number of benzene rings is 8. The summed E-state index contributed by atoms with van der Waals surface area (Å²) in [6.45, 7) is 0. The van der Waals surface area contributed by atoms with E-state index >= 15 is 0 Å². The fourth-order valence-corrected chi connectivity index (χ4v) is 7.67. The Balaban J connectivity index is 1.10. The maximum absolute atomic E-state index is 5.43. The molecule has 10 aromatic rings. The molecule has 0 spiro atoms. The van der Waals surface area contributed by atoms with Gasteiger partial charge in [-0.15, -0.1) is 0 Å². The Morgan fingerprint density at radius 1 is 0.309 bits per heavy atom. The molecule has 0 bridgehead atoms. The fourth-order valence-electron chi connectivity index (χ4n) is 7.67. The predicted molar refractivity (Wildman–Crippen MR) is 229 cm³/mol. The molecule has 0 saturated heterocycles. The van der Waals surface area contributed by atoms with Gasteiger partial charge in [-0.1, -0.05) is 182 Å². The second kappa shape index (κ2) is 13.9. The molecular weight excluding hydrogens is 667 g/mol. The van der Waals surface area contributed by atoms with Gasteiger partial charge in [-0.3, -0.25) is 0 Å². The minimum atomic E-state index is 0.695. The average Bonchev–Trinajstić information content (AvgIpc) is 3.61. The SMILES string of the molecule is c1ccc(-c2ccc(-c3cccc(-c4cccc(-c5nc(-c6ccc(-c7ccccc7)cc6)c6c(n5)c5ccccc5n6-c5ccccc5)c4)c3)cc2)cc1. The van der Waals surface area contributed by atoms with Crippen molar-refractivity contribution in [3.8, 4) is 72.8 Å². The Kier molecular flexibility index (Phi) is 8.16. The lowest BCUT2D eigenvalue weighted by Gasteiger charge is -2.13. The monoisotopic (exact) mass is 701 g/mol. The number of nitrogens with zero attached hydrogens (tertiary/aromatic N) is 3. The smallest absolute Gasteiger partial charge is 0.160 e. The zero-order valence-corrected chi connectivity index (χ0v) is 30.0. The molecule has 0 amide bonds. The third-order valence-electron chi connectivity index (χ3n) is 10.4. The Bertz CT molecular complexity index is 2930. The largest absolute Gasteiger partial charge is 0.306 e. The average molecular weight is 702 g/mol. The van der Waals surface area contributed by atoms with Crippen LogP contribution in [0.1, 0.15) is 0 Å². The van der Waals surface area contributed by atoms with Gasteiger partial charge >= 0.3 is 0 Å². The highest BCUT2D eigenvalue weighted by Crippen LogP contribution is 2.39. The molecule has 2 aromatic heterocycles. The van der Waals surface area contributed by atoms with Crippen molar-refractivity contribution in [2.24, 2.45) is 0 Å². The van der Waals surface area contributed by atoms with Crippen LogP contribution in [0, 0.1) is 0 Å². The van der Waals surface area contributed by atoms with E-state index in [0.29, 0.717) is 5.82 Å². The third kappa shape index (κ3) is 6.08. The first-order chi connectivity index (χ1) is 27.3. The van der Waals surface area contributed by atoms with Gasteiger partial charge in [0.15, 0.2) is 5.82 Å². The lowest BCUT2D eigenvalue weighted by atomic mass is 9.96. The molecule has 0 saturated carbocycles. The van der Waals surface area contributed by atoms with Gasteiger partial charge in [0.05, 0.1) is 16.7 Å². The molecule has 10 rings (SSSR count). The Morgan fingerprint density at radius 3 is 1.33 bits per heavy atom. The van der Waals surface area contributed by atoms with E-state index in [2.05, 4.69) is 217 Å². The first-order valence-electron chi connectivity index (χ1n) is 18.7. The highest BCUT2D eigenvalue weighted by Gasteiger charge is 2.21. The Hall–Kier alpha value is -7.36. The molecule has 8 aromatic carbocycles. The standard InChI is InChI=1S/C52H35N3/c1-4-14-36(15-5-1)38-26-28-40(29-27-38)42-18-12-19-43(34-42)44-20-13-21-45(35-44)52-53-49(41-32-30-39(31-33-41)37-16-6-2-7-17-37)51-50(54-52)47-24-10-11-25-48(47)55(51)46-22-8-3-9-23-46/h1-35H. The van der Waals surface area contributed by atoms with Crippen LogP contribution in [-0.2, 0) is 0 Å². The number of fused-ring (bicyclic) bond motifs is 3. The molecule has 3 heteroatoms. The summed E-state index contributed by atoms with van der Waals surface area (Å²) in [5.41, 5.74) is 16.4.